The molecule has 27 heavy (non-hydrogen) atoms. The van der Waals surface area contributed by atoms with Gasteiger partial charge in [-0.15, -0.1) is 0 Å². The lowest BCUT2D eigenvalue weighted by molar-refractivity contribution is 0.0517. The van der Waals surface area contributed by atoms with E-state index in [1.807, 2.05) is 24.3 Å². The van der Waals surface area contributed by atoms with Gasteiger partial charge in [0.15, 0.2) is 0 Å². The topological polar surface area (TPSA) is 64.6 Å². The zero-order valence-corrected chi connectivity index (χ0v) is 15.7. The minimum absolute atomic E-state index is 0.0565. The summed E-state index contributed by atoms with van der Waals surface area (Å²) < 4.78 is 65.5. The van der Waals surface area contributed by atoms with Crippen molar-refractivity contribution in [2.24, 2.45) is 0 Å². The maximum absolute atomic E-state index is 13.9. The second-order valence-corrected chi connectivity index (χ2v) is 8.26. The number of ether oxygens (including phenoxy) is 2. The van der Waals surface area contributed by atoms with Crippen molar-refractivity contribution < 1.29 is 26.7 Å². The Morgan fingerprint density at radius 3 is 2.41 bits per heavy atom. The molecule has 1 saturated heterocycles. The van der Waals surface area contributed by atoms with Gasteiger partial charge in [-0.2, -0.15) is 0 Å². The average Bonchev–Trinajstić information content (AvgIpc) is 2.69. The smallest absolute Gasteiger partial charge is 0.243 e. The standard InChI is InChI=1S/C19H21F2NO4S/c1-25-16-5-2-14(3-6-16)19(8-10-26-11-9-19)13-22-27(23,24)18-12-15(20)4-7-17(18)21/h2-7,12,22H,8-11,13H2,1H3. The van der Waals surface area contributed by atoms with Gasteiger partial charge in [0.05, 0.1) is 7.11 Å². The van der Waals surface area contributed by atoms with Gasteiger partial charge >= 0.3 is 0 Å². The zero-order valence-electron chi connectivity index (χ0n) is 14.9. The highest BCUT2D eigenvalue weighted by atomic mass is 32.2. The zero-order chi connectivity index (χ0) is 19.5. The van der Waals surface area contributed by atoms with Crippen molar-refractivity contribution >= 4 is 10.0 Å². The van der Waals surface area contributed by atoms with Crippen molar-refractivity contribution in [2.45, 2.75) is 23.2 Å². The van der Waals surface area contributed by atoms with Crippen molar-refractivity contribution in [3.05, 3.63) is 59.7 Å². The van der Waals surface area contributed by atoms with Gasteiger partial charge in [-0.05, 0) is 48.7 Å². The second kappa shape index (κ2) is 7.92. The van der Waals surface area contributed by atoms with Crippen molar-refractivity contribution in [3.63, 3.8) is 0 Å². The number of benzene rings is 2. The Morgan fingerprint density at radius 1 is 1.11 bits per heavy atom. The third kappa shape index (κ3) is 4.28. The van der Waals surface area contributed by atoms with E-state index in [9.17, 15) is 17.2 Å². The van der Waals surface area contributed by atoms with E-state index in [1.165, 1.54) is 0 Å². The van der Waals surface area contributed by atoms with Gasteiger partial charge in [-0.1, -0.05) is 12.1 Å². The fourth-order valence-corrected chi connectivity index (χ4v) is 4.48. The third-order valence-electron chi connectivity index (χ3n) is 4.94. The summed E-state index contributed by atoms with van der Waals surface area (Å²) in [4.78, 5) is -0.695. The summed E-state index contributed by atoms with van der Waals surface area (Å²) >= 11 is 0. The predicted octanol–water partition coefficient (Wildman–Crippen LogP) is 3.00. The van der Waals surface area contributed by atoms with Crippen LogP contribution in [-0.2, 0) is 20.2 Å². The molecule has 2 aromatic carbocycles. The molecule has 1 heterocycles. The molecule has 0 aliphatic carbocycles. The lowest BCUT2D eigenvalue weighted by Gasteiger charge is -2.38. The summed E-state index contributed by atoms with van der Waals surface area (Å²) in [7, 11) is -2.63. The first-order chi connectivity index (χ1) is 12.9. The molecule has 0 unspecified atom stereocenters. The Hall–Kier alpha value is -2.03. The molecule has 3 rings (SSSR count). The quantitative estimate of drug-likeness (QED) is 0.814. The van der Waals surface area contributed by atoms with Crippen LogP contribution in [0, 0.1) is 11.6 Å². The maximum atomic E-state index is 13.9. The molecule has 5 nitrogen and oxygen atoms in total. The number of hydrogen-bond acceptors (Lipinski definition) is 4. The summed E-state index contributed by atoms with van der Waals surface area (Å²) in [5, 5.41) is 0. The van der Waals surface area contributed by atoms with Crippen molar-refractivity contribution in [1.82, 2.24) is 4.72 Å². The van der Waals surface area contributed by atoms with Gasteiger partial charge < -0.3 is 9.47 Å². The number of rotatable bonds is 6. The number of hydrogen-bond donors (Lipinski definition) is 1. The van der Waals surface area contributed by atoms with E-state index in [1.54, 1.807) is 7.11 Å². The molecule has 2 aromatic rings. The Balaban J connectivity index is 1.87. The first-order valence-corrected chi connectivity index (χ1v) is 10.0. The molecule has 1 N–H and O–H groups in total. The molecule has 8 heteroatoms. The molecule has 1 aliphatic rings. The summed E-state index contributed by atoms with van der Waals surface area (Å²) in [6, 6.07) is 9.77. The normalized spacial score (nSPS) is 16.9. The molecule has 1 fully saturated rings. The van der Waals surface area contributed by atoms with E-state index in [2.05, 4.69) is 4.72 Å². The lowest BCUT2D eigenvalue weighted by Crippen LogP contribution is -2.44. The molecule has 0 saturated carbocycles. The molecule has 146 valence electrons. The van der Waals surface area contributed by atoms with Crippen LogP contribution in [0.15, 0.2) is 47.4 Å². The van der Waals surface area contributed by atoms with Gasteiger partial charge in [0.1, 0.15) is 22.3 Å². The van der Waals surface area contributed by atoms with Crippen LogP contribution < -0.4 is 9.46 Å². The first-order valence-electron chi connectivity index (χ1n) is 8.53. The third-order valence-corrected chi connectivity index (χ3v) is 6.35. The van der Waals surface area contributed by atoms with E-state index in [-0.39, 0.29) is 6.54 Å². The van der Waals surface area contributed by atoms with Crippen LogP contribution in [0.25, 0.3) is 0 Å². The van der Waals surface area contributed by atoms with E-state index in [4.69, 9.17) is 9.47 Å². The molecule has 0 atom stereocenters. The predicted molar refractivity (Wildman–Crippen MR) is 96.3 cm³/mol. The Labute approximate surface area is 157 Å². The van der Waals surface area contributed by atoms with E-state index in [0.717, 1.165) is 17.7 Å². The van der Waals surface area contributed by atoms with Crippen LogP contribution in [0.1, 0.15) is 18.4 Å². The maximum Gasteiger partial charge on any atom is 0.243 e. The monoisotopic (exact) mass is 397 g/mol. The highest BCUT2D eigenvalue weighted by molar-refractivity contribution is 7.89. The largest absolute Gasteiger partial charge is 0.497 e. The minimum Gasteiger partial charge on any atom is -0.497 e. The fraction of sp³-hybridized carbons (Fsp3) is 0.368. The molecule has 0 bridgehead atoms. The molecule has 0 amide bonds. The summed E-state index contributed by atoms with van der Waals surface area (Å²) in [5.74, 6) is -1.11. The number of sulfonamides is 1. The summed E-state index contributed by atoms with van der Waals surface area (Å²) in [6.45, 7) is 1.03. The molecule has 0 radical (unpaired) electrons. The molecule has 0 aromatic heterocycles. The average molecular weight is 397 g/mol. The van der Waals surface area contributed by atoms with Gasteiger partial charge in [0, 0.05) is 25.2 Å². The van der Waals surface area contributed by atoms with Crippen molar-refractivity contribution in [3.8, 4) is 5.75 Å². The Morgan fingerprint density at radius 2 is 1.78 bits per heavy atom. The second-order valence-electron chi connectivity index (χ2n) is 6.52. The van der Waals surface area contributed by atoms with Crippen LogP contribution in [0.4, 0.5) is 8.78 Å². The molecule has 0 spiro atoms. The SMILES string of the molecule is COc1ccc(C2(CNS(=O)(=O)c3cc(F)ccc3F)CCOCC2)cc1. The number of nitrogens with one attached hydrogen (secondary N) is 1. The summed E-state index contributed by atoms with van der Waals surface area (Å²) in [5.41, 5.74) is 0.440. The number of methoxy groups -OCH3 is 1. The van der Waals surface area contributed by atoms with Crippen LogP contribution in [-0.4, -0.2) is 35.3 Å². The van der Waals surface area contributed by atoms with Gasteiger partial charge in [-0.25, -0.2) is 21.9 Å². The van der Waals surface area contributed by atoms with Gasteiger partial charge in [0.25, 0.3) is 0 Å². The van der Waals surface area contributed by atoms with E-state index in [0.29, 0.717) is 37.9 Å². The van der Waals surface area contributed by atoms with Crippen LogP contribution in [0.5, 0.6) is 5.75 Å². The number of halogens is 2. The summed E-state index contributed by atoms with van der Waals surface area (Å²) in [6.07, 6.45) is 1.21. The van der Waals surface area contributed by atoms with Crippen molar-refractivity contribution in [2.75, 3.05) is 26.9 Å². The van der Waals surface area contributed by atoms with Gasteiger partial charge in [-0.3, -0.25) is 0 Å². The van der Waals surface area contributed by atoms with Crippen LogP contribution in [0.3, 0.4) is 0 Å². The van der Waals surface area contributed by atoms with E-state index >= 15 is 0 Å². The highest BCUT2D eigenvalue weighted by Gasteiger charge is 2.36. The van der Waals surface area contributed by atoms with Crippen molar-refractivity contribution in [1.29, 1.82) is 0 Å². The minimum atomic E-state index is -4.20. The Bertz CT molecular complexity index is 894. The lowest BCUT2D eigenvalue weighted by atomic mass is 9.74. The van der Waals surface area contributed by atoms with E-state index < -0.39 is 32.0 Å². The van der Waals surface area contributed by atoms with Gasteiger partial charge in [0.2, 0.25) is 10.0 Å². The fourth-order valence-electron chi connectivity index (χ4n) is 3.27. The molecular weight excluding hydrogens is 376 g/mol. The first kappa shape index (κ1) is 19.7. The Kier molecular flexibility index (Phi) is 5.78. The highest BCUT2D eigenvalue weighted by Crippen LogP contribution is 2.35. The van der Waals surface area contributed by atoms with Crippen LogP contribution in [0.2, 0.25) is 0 Å². The molecule has 1 aliphatic heterocycles. The van der Waals surface area contributed by atoms with Crippen LogP contribution >= 0.6 is 0 Å². The molecular formula is C19H21F2NO4S.